The number of fused-ring (bicyclic) bond motifs is 1. The lowest BCUT2D eigenvalue weighted by molar-refractivity contribution is -0.385. The smallest absolute Gasteiger partial charge is 0.325 e. The number of aromatic nitrogens is 3. The maximum atomic E-state index is 11.1. The van der Waals surface area contributed by atoms with Gasteiger partial charge in [0.25, 0.3) is 0 Å². The maximum absolute atomic E-state index is 11.1. The third-order valence-corrected chi connectivity index (χ3v) is 2.63. The van der Waals surface area contributed by atoms with Gasteiger partial charge in [-0.05, 0) is 6.07 Å². The van der Waals surface area contributed by atoms with Gasteiger partial charge in [-0.3, -0.25) is 15.1 Å². The van der Waals surface area contributed by atoms with Gasteiger partial charge in [0, 0.05) is 12.1 Å². The van der Waals surface area contributed by atoms with Crippen LogP contribution in [0.2, 0.25) is 0 Å². The molecule has 0 aliphatic heterocycles. The van der Waals surface area contributed by atoms with Gasteiger partial charge in [0.1, 0.15) is 5.75 Å². The number of nitrogens with zero attached hydrogens (tertiary/aromatic N) is 2. The average molecular weight is 272 g/mol. The number of para-hydroxylation sites is 2. The number of rotatable bonds is 3. The molecular weight excluding hydrogens is 264 g/mol. The lowest BCUT2D eigenvalue weighted by atomic mass is 10.3. The molecule has 0 radical (unpaired) electrons. The van der Waals surface area contributed by atoms with Crippen LogP contribution in [0.15, 0.2) is 41.3 Å². The zero-order valence-electron chi connectivity index (χ0n) is 9.99. The van der Waals surface area contributed by atoms with Crippen LogP contribution in [-0.4, -0.2) is 19.9 Å². The summed E-state index contributed by atoms with van der Waals surface area (Å²) in [5.41, 5.74) is 0.335. The molecule has 2 N–H and O–H groups in total. The number of nitro groups is 1. The zero-order valence-corrected chi connectivity index (χ0v) is 9.99. The van der Waals surface area contributed by atoms with E-state index in [9.17, 15) is 14.9 Å². The van der Waals surface area contributed by atoms with E-state index in [0.29, 0.717) is 16.9 Å². The minimum Gasteiger partial charge on any atom is -0.448 e. The van der Waals surface area contributed by atoms with Gasteiger partial charge >= 0.3 is 11.4 Å². The number of hydrogen-bond acceptors (Lipinski definition) is 5. The predicted octanol–water partition coefficient (Wildman–Crippen LogP) is 1.95. The molecule has 0 aliphatic carbocycles. The van der Waals surface area contributed by atoms with Crippen molar-refractivity contribution >= 4 is 16.9 Å². The number of H-pyrrole nitrogens is 2. The van der Waals surface area contributed by atoms with Crippen LogP contribution in [0, 0.1) is 10.1 Å². The van der Waals surface area contributed by atoms with Crippen molar-refractivity contribution in [3.05, 3.63) is 57.1 Å². The number of benzene rings is 1. The number of nitrogens with one attached hydrogen (secondary N) is 2. The van der Waals surface area contributed by atoms with Crippen LogP contribution in [0.4, 0.5) is 5.69 Å². The van der Waals surface area contributed by atoms with Crippen molar-refractivity contribution in [1.29, 1.82) is 0 Å². The van der Waals surface area contributed by atoms with Gasteiger partial charge in [-0.15, -0.1) is 0 Å². The highest BCUT2D eigenvalue weighted by Crippen LogP contribution is 2.30. The second-order valence-electron chi connectivity index (χ2n) is 3.97. The van der Waals surface area contributed by atoms with Gasteiger partial charge in [-0.25, -0.2) is 9.78 Å². The minimum atomic E-state index is -0.528. The molecule has 3 aromatic rings. The van der Waals surface area contributed by atoms with Crippen LogP contribution in [0.3, 0.4) is 0 Å². The van der Waals surface area contributed by atoms with Gasteiger partial charge < -0.3 is 9.72 Å². The molecule has 0 saturated heterocycles. The molecule has 2 heterocycles. The normalized spacial score (nSPS) is 10.6. The van der Waals surface area contributed by atoms with E-state index >= 15 is 0 Å². The molecule has 8 heteroatoms. The molecular formula is C12H8N4O4. The Morgan fingerprint density at radius 3 is 2.85 bits per heavy atom. The summed E-state index contributed by atoms with van der Waals surface area (Å²) in [7, 11) is 0. The van der Waals surface area contributed by atoms with E-state index in [1.165, 1.54) is 24.4 Å². The van der Waals surface area contributed by atoms with Gasteiger partial charge in [-0.1, -0.05) is 12.1 Å². The SMILES string of the molecule is O=c1[nH]c2cc(Oc3ccccc3[N+](=O)[O-])cnc2[nH]1. The van der Waals surface area contributed by atoms with E-state index < -0.39 is 4.92 Å². The van der Waals surface area contributed by atoms with E-state index in [0.717, 1.165) is 0 Å². The molecule has 100 valence electrons. The van der Waals surface area contributed by atoms with Crippen LogP contribution in [0.1, 0.15) is 0 Å². The second-order valence-corrected chi connectivity index (χ2v) is 3.97. The van der Waals surface area contributed by atoms with Crippen molar-refractivity contribution in [3.8, 4) is 11.5 Å². The molecule has 0 amide bonds. The minimum absolute atomic E-state index is 0.108. The molecule has 3 rings (SSSR count). The average Bonchev–Trinajstić information content (AvgIpc) is 2.78. The van der Waals surface area contributed by atoms with Crippen LogP contribution in [0.25, 0.3) is 11.2 Å². The monoisotopic (exact) mass is 272 g/mol. The maximum Gasteiger partial charge on any atom is 0.325 e. The number of hydrogen-bond donors (Lipinski definition) is 2. The standard InChI is InChI=1S/C12H8N4O4/c17-12-14-8-5-7(6-13-11(8)15-12)20-10-4-2-1-3-9(10)16(18)19/h1-6H,(H2,13,14,15,17). The first-order valence-electron chi connectivity index (χ1n) is 5.63. The quantitative estimate of drug-likeness (QED) is 0.558. The Morgan fingerprint density at radius 1 is 1.25 bits per heavy atom. The van der Waals surface area contributed by atoms with Crippen molar-refractivity contribution in [2.75, 3.05) is 0 Å². The van der Waals surface area contributed by atoms with Crippen molar-refractivity contribution < 1.29 is 9.66 Å². The highest BCUT2D eigenvalue weighted by Gasteiger charge is 2.14. The van der Waals surface area contributed by atoms with Gasteiger partial charge in [0.05, 0.1) is 16.6 Å². The third-order valence-electron chi connectivity index (χ3n) is 2.63. The third kappa shape index (κ3) is 2.09. The van der Waals surface area contributed by atoms with Gasteiger partial charge in [0.15, 0.2) is 5.65 Å². The van der Waals surface area contributed by atoms with Crippen LogP contribution < -0.4 is 10.4 Å². The van der Waals surface area contributed by atoms with E-state index in [-0.39, 0.29) is 17.1 Å². The van der Waals surface area contributed by atoms with Gasteiger partial charge in [0.2, 0.25) is 5.75 Å². The topological polar surface area (TPSA) is 114 Å². The molecule has 2 aromatic heterocycles. The number of pyridine rings is 1. The Kier molecular flexibility index (Phi) is 2.68. The summed E-state index contributed by atoms with van der Waals surface area (Å²) in [5, 5.41) is 10.9. The van der Waals surface area contributed by atoms with E-state index in [4.69, 9.17) is 4.74 Å². The largest absolute Gasteiger partial charge is 0.448 e. The second kappa shape index (κ2) is 4.50. The fourth-order valence-electron chi connectivity index (χ4n) is 1.78. The Hall–Kier alpha value is -3.16. The molecule has 0 bridgehead atoms. The molecule has 0 fully saturated rings. The lowest BCUT2D eigenvalue weighted by Crippen LogP contribution is -1.99. The van der Waals surface area contributed by atoms with Crippen molar-refractivity contribution in [1.82, 2.24) is 15.0 Å². The molecule has 0 saturated carbocycles. The molecule has 0 aliphatic rings. The molecule has 20 heavy (non-hydrogen) atoms. The first-order chi connectivity index (χ1) is 9.63. The number of nitro benzene ring substituents is 1. The Morgan fingerprint density at radius 2 is 2.05 bits per heavy atom. The van der Waals surface area contributed by atoms with Crippen molar-refractivity contribution in [3.63, 3.8) is 0 Å². The van der Waals surface area contributed by atoms with E-state index in [1.807, 2.05) is 0 Å². The number of ether oxygens (including phenoxy) is 1. The summed E-state index contributed by atoms with van der Waals surface area (Å²) in [6.45, 7) is 0. The molecule has 8 nitrogen and oxygen atoms in total. The summed E-state index contributed by atoms with van der Waals surface area (Å²) >= 11 is 0. The zero-order chi connectivity index (χ0) is 14.1. The first-order valence-corrected chi connectivity index (χ1v) is 5.63. The molecule has 0 spiro atoms. The van der Waals surface area contributed by atoms with Crippen LogP contribution in [0.5, 0.6) is 11.5 Å². The van der Waals surface area contributed by atoms with Crippen molar-refractivity contribution in [2.45, 2.75) is 0 Å². The summed E-state index contributed by atoms with van der Waals surface area (Å²) in [6.07, 6.45) is 1.38. The Balaban J connectivity index is 2.00. The van der Waals surface area contributed by atoms with Crippen molar-refractivity contribution in [2.24, 2.45) is 0 Å². The molecule has 0 atom stereocenters. The summed E-state index contributed by atoms with van der Waals surface area (Å²) in [5.74, 6) is 0.401. The summed E-state index contributed by atoms with van der Waals surface area (Å²) in [4.78, 5) is 30.5. The summed E-state index contributed by atoms with van der Waals surface area (Å²) in [6, 6.07) is 7.56. The lowest BCUT2D eigenvalue weighted by Gasteiger charge is -2.05. The van der Waals surface area contributed by atoms with Crippen LogP contribution in [-0.2, 0) is 0 Å². The molecule has 0 unspecified atom stereocenters. The fourth-order valence-corrected chi connectivity index (χ4v) is 1.78. The number of imidazole rings is 1. The van der Waals surface area contributed by atoms with E-state index in [1.54, 1.807) is 12.1 Å². The Bertz CT molecular complexity index is 852. The highest BCUT2D eigenvalue weighted by molar-refractivity contribution is 5.71. The Labute approximate surface area is 111 Å². The first kappa shape index (κ1) is 11.9. The number of aromatic amines is 2. The summed E-state index contributed by atoms with van der Waals surface area (Å²) < 4.78 is 5.45. The van der Waals surface area contributed by atoms with Gasteiger partial charge in [-0.2, -0.15) is 0 Å². The predicted molar refractivity (Wildman–Crippen MR) is 69.9 cm³/mol. The van der Waals surface area contributed by atoms with Crippen LogP contribution >= 0.6 is 0 Å². The molecule has 1 aromatic carbocycles. The highest BCUT2D eigenvalue weighted by atomic mass is 16.6. The van der Waals surface area contributed by atoms with E-state index in [2.05, 4.69) is 15.0 Å². The fraction of sp³-hybridized carbons (Fsp3) is 0.